The highest BCUT2D eigenvalue weighted by Crippen LogP contribution is 2.25. The number of methoxy groups -OCH3 is 1. The Bertz CT molecular complexity index is 909. The average Bonchev–Trinajstić information content (AvgIpc) is 3.16. The maximum absolute atomic E-state index is 11.6. The van der Waals surface area contributed by atoms with E-state index in [1.165, 1.54) is 12.7 Å². The van der Waals surface area contributed by atoms with E-state index < -0.39 is 0 Å². The predicted molar refractivity (Wildman–Crippen MR) is 106 cm³/mol. The van der Waals surface area contributed by atoms with Crippen molar-refractivity contribution in [3.05, 3.63) is 60.4 Å². The summed E-state index contributed by atoms with van der Waals surface area (Å²) < 4.78 is 6.97. The third-order valence-electron chi connectivity index (χ3n) is 5.52. The van der Waals surface area contributed by atoms with Gasteiger partial charge < -0.3 is 10.1 Å². The SMILES string of the molecule is COC(=O)C1CCC(NCc2ccc(-n3cnc4ccccc43)cc2)CC1. The standard InChI is InChI=1S/C22H25N3O2/c1-27-22(26)17-8-10-18(11-9-17)23-14-16-6-12-19(13-7-16)25-15-24-20-4-2-3-5-21(20)25/h2-7,12-13,15,17-18,23H,8-11,14H2,1H3. The molecule has 2 aromatic carbocycles. The second-order valence-corrected chi connectivity index (χ2v) is 7.22. The van der Waals surface area contributed by atoms with Crippen LogP contribution in [0.2, 0.25) is 0 Å². The van der Waals surface area contributed by atoms with Crippen LogP contribution < -0.4 is 5.32 Å². The monoisotopic (exact) mass is 363 g/mol. The first-order valence-corrected chi connectivity index (χ1v) is 9.57. The fourth-order valence-electron chi connectivity index (χ4n) is 3.90. The average molecular weight is 363 g/mol. The van der Waals surface area contributed by atoms with Gasteiger partial charge in [-0.2, -0.15) is 0 Å². The number of esters is 1. The highest BCUT2D eigenvalue weighted by Gasteiger charge is 2.26. The van der Waals surface area contributed by atoms with Gasteiger partial charge in [0.2, 0.25) is 0 Å². The molecule has 27 heavy (non-hydrogen) atoms. The summed E-state index contributed by atoms with van der Waals surface area (Å²) in [4.78, 5) is 16.1. The number of ether oxygens (including phenoxy) is 1. The third kappa shape index (κ3) is 3.88. The molecular formula is C22H25N3O2. The van der Waals surface area contributed by atoms with E-state index in [0.717, 1.165) is 48.9 Å². The first-order chi connectivity index (χ1) is 13.2. The Balaban J connectivity index is 1.34. The molecule has 5 heteroatoms. The predicted octanol–water partition coefficient (Wildman–Crippen LogP) is 3.85. The fourth-order valence-corrected chi connectivity index (χ4v) is 3.90. The summed E-state index contributed by atoms with van der Waals surface area (Å²) in [6, 6.07) is 17.2. The number of hydrogen-bond donors (Lipinski definition) is 1. The first kappa shape index (κ1) is 17.7. The van der Waals surface area contributed by atoms with Gasteiger partial charge in [0.15, 0.2) is 0 Å². The van der Waals surface area contributed by atoms with Gasteiger partial charge in [-0.1, -0.05) is 24.3 Å². The topological polar surface area (TPSA) is 56.1 Å². The van der Waals surface area contributed by atoms with Gasteiger partial charge in [0.1, 0.15) is 6.33 Å². The minimum atomic E-state index is -0.0592. The Labute approximate surface area is 159 Å². The molecule has 1 aliphatic carbocycles. The van der Waals surface area contributed by atoms with Gasteiger partial charge >= 0.3 is 5.97 Å². The highest BCUT2D eigenvalue weighted by molar-refractivity contribution is 5.77. The van der Waals surface area contributed by atoms with Crippen LogP contribution in [0, 0.1) is 5.92 Å². The molecule has 0 atom stereocenters. The molecule has 0 amide bonds. The quantitative estimate of drug-likeness (QED) is 0.700. The molecule has 1 heterocycles. The van der Waals surface area contributed by atoms with Crippen molar-refractivity contribution in [3.8, 4) is 5.69 Å². The van der Waals surface area contributed by atoms with Crippen LogP contribution in [0.3, 0.4) is 0 Å². The minimum Gasteiger partial charge on any atom is -0.469 e. The number of fused-ring (bicyclic) bond motifs is 1. The van der Waals surface area contributed by atoms with E-state index in [9.17, 15) is 4.79 Å². The Morgan fingerprint density at radius 1 is 1.11 bits per heavy atom. The molecule has 140 valence electrons. The zero-order valence-corrected chi connectivity index (χ0v) is 15.6. The zero-order chi connectivity index (χ0) is 18.6. The molecule has 0 spiro atoms. The van der Waals surface area contributed by atoms with Crippen LogP contribution in [0.15, 0.2) is 54.9 Å². The molecule has 1 saturated carbocycles. The maximum atomic E-state index is 11.6. The summed E-state index contributed by atoms with van der Waals surface area (Å²) in [7, 11) is 1.48. The Kier molecular flexibility index (Phi) is 5.21. The summed E-state index contributed by atoms with van der Waals surface area (Å²) in [5, 5.41) is 3.63. The largest absolute Gasteiger partial charge is 0.469 e. The van der Waals surface area contributed by atoms with E-state index in [-0.39, 0.29) is 11.9 Å². The van der Waals surface area contributed by atoms with Gasteiger partial charge in [0, 0.05) is 18.3 Å². The number of nitrogens with zero attached hydrogens (tertiary/aromatic N) is 2. The van der Waals surface area contributed by atoms with Crippen molar-refractivity contribution >= 4 is 17.0 Å². The van der Waals surface area contributed by atoms with Gasteiger partial charge in [-0.15, -0.1) is 0 Å². The lowest BCUT2D eigenvalue weighted by Crippen LogP contribution is -2.34. The molecule has 5 nitrogen and oxygen atoms in total. The van der Waals surface area contributed by atoms with Crippen LogP contribution in [0.1, 0.15) is 31.2 Å². The molecule has 0 unspecified atom stereocenters. The van der Waals surface area contributed by atoms with Crippen LogP contribution in [0.5, 0.6) is 0 Å². The van der Waals surface area contributed by atoms with E-state index in [4.69, 9.17) is 4.74 Å². The van der Waals surface area contributed by atoms with Gasteiger partial charge in [-0.25, -0.2) is 4.98 Å². The summed E-state index contributed by atoms with van der Waals surface area (Å²) >= 11 is 0. The molecule has 0 bridgehead atoms. The molecule has 3 aromatic rings. The molecule has 0 aliphatic heterocycles. The van der Waals surface area contributed by atoms with E-state index in [1.54, 1.807) is 0 Å². The van der Waals surface area contributed by atoms with Crippen LogP contribution >= 0.6 is 0 Å². The molecular weight excluding hydrogens is 338 g/mol. The van der Waals surface area contributed by atoms with Crippen molar-refractivity contribution in [2.75, 3.05) is 7.11 Å². The van der Waals surface area contributed by atoms with Crippen molar-refractivity contribution < 1.29 is 9.53 Å². The number of carbonyl (C=O) groups is 1. The van der Waals surface area contributed by atoms with Crippen molar-refractivity contribution in [2.24, 2.45) is 5.92 Å². The lowest BCUT2D eigenvalue weighted by atomic mass is 9.86. The van der Waals surface area contributed by atoms with Crippen molar-refractivity contribution in [3.63, 3.8) is 0 Å². The summed E-state index contributed by atoms with van der Waals surface area (Å²) in [5.41, 5.74) is 4.50. The van der Waals surface area contributed by atoms with Crippen LogP contribution in [0.25, 0.3) is 16.7 Å². The molecule has 1 fully saturated rings. The van der Waals surface area contributed by atoms with Crippen LogP contribution in [-0.2, 0) is 16.1 Å². The van der Waals surface area contributed by atoms with E-state index in [0.29, 0.717) is 6.04 Å². The molecule has 1 aromatic heterocycles. The van der Waals surface area contributed by atoms with Gasteiger partial charge in [-0.3, -0.25) is 9.36 Å². The molecule has 0 radical (unpaired) electrons. The second kappa shape index (κ2) is 7.92. The smallest absolute Gasteiger partial charge is 0.308 e. The van der Waals surface area contributed by atoms with E-state index >= 15 is 0 Å². The molecule has 1 N–H and O–H groups in total. The van der Waals surface area contributed by atoms with Crippen LogP contribution in [-0.4, -0.2) is 28.7 Å². The number of hydrogen-bond acceptors (Lipinski definition) is 4. The van der Waals surface area contributed by atoms with Crippen LogP contribution in [0.4, 0.5) is 0 Å². The number of carbonyl (C=O) groups excluding carboxylic acids is 1. The lowest BCUT2D eigenvalue weighted by molar-refractivity contribution is -0.146. The number of nitrogens with one attached hydrogen (secondary N) is 1. The van der Waals surface area contributed by atoms with Crippen molar-refractivity contribution in [1.82, 2.24) is 14.9 Å². The summed E-state index contributed by atoms with van der Waals surface area (Å²) in [6.07, 6.45) is 5.75. The first-order valence-electron chi connectivity index (χ1n) is 9.57. The highest BCUT2D eigenvalue weighted by atomic mass is 16.5. The summed E-state index contributed by atoms with van der Waals surface area (Å²) in [6.45, 7) is 0.846. The fraction of sp³-hybridized carbons (Fsp3) is 0.364. The Hall–Kier alpha value is -2.66. The third-order valence-corrected chi connectivity index (χ3v) is 5.52. The van der Waals surface area contributed by atoms with Gasteiger partial charge in [0.05, 0.1) is 24.1 Å². The summed E-state index contributed by atoms with van der Waals surface area (Å²) in [5.74, 6) is 0.0217. The Morgan fingerprint density at radius 2 is 1.85 bits per heavy atom. The van der Waals surface area contributed by atoms with E-state index in [2.05, 4.69) is 45.2 Å². The van der Waals surface area contributed by atoms with E-state index in [1.807, 2.05) is 24.5 Å². The molecule has 4 rings (SSSR count). The van der Waals surface area contributed by atoms with Crippen molar-refractivity contribution in [1.29, 1.82) is 0 Å². The number of aromatic nitrogens is 2. The Morgan fingerprint density at radius 3 is 2.59 bits per heavy atom. The number of para-hydroxylation sites is 2. The normalized spacial score (nSPS) is 19.9. The molecule has 0 saturated heterocycles. The lowest BCUT2D eigenvalue weighted by Gasteiger charge is -2.27. The minimum absolute atomic E-state index is 0.0592. The number of benzene rings is 2. The van der Waals surface area contributed by atoms with Crippen molar-refractivity contribution in [2.45, 2.75) is 38.3 Å². The zero-order valence-electron chi connectivity index (χ0n) is 15.6. The van der Waals surface area contributed by atoms with Gasteiger partial charge in [-0.05, 0) is 55.5 Å². The number of rotatable bonds is 5. The second-order valence-electron chi connectivity index (χ2n) is 7.22. The van der Waals surface area contributed by atoms with Gasteiger partial charge in [0.25, 0.3) is 0 Å². The molecule has 1 aliphatic rings. The number of imidazole rings is 1. The maximum Gasteiger partial charge on any atom is 0.308 e.